The summed E-state index contributed by atoms with van der Waals surface area (Å²) in [5, 5.41) is 8.43. The fourth-order valence-corrected chi connectivity index (χ4v) is 1.83. The molecule has 21 heavy (non-hydrogen) atoms. The average molecular weight is 312 g/mol. The van der Waals surface area contributed by atoms with Crippen LogP contribution in [0.1, 0.15) is 29.2 Å². The van der Waals surface area contributed by atoms with Crippen LogP contribution >= 0.6 is 0 Å². The molecule has 0 saturated heterocycles. The van der Waals surface area contributed by atoms with Crippen molar-refractivity contribution in [1.29, 1.82) is 0 Å². The van der Waals surface area contributed by atoms with Crippen molar-refractivity contribution in [2.24, 2.45) is 0 Å². The number of hydrogen-bond acceptors (Lipinski definition) is 1. The predicted octanol–water partition coefficient (Wildman–Crippen LogP) is 4.38. The van der Waals surface area contributed by atoms with Crippen LogP contribution in [0.15, 0.2) is 18.2 Å². The van der Waals surface area contributed by atoms with Gasteiger partial charge in [0.2, 0.25) is 0 Å². The van der Waals surface area contributed by atoms with Gasteiger partial charge in [0.05, 0.1) is 11.1 Å². The summed E-state index contributed by atoms with van der Waals surface area (Å²) in [5.41, 5.74) is -4.35. The van der Waals surface area contributed by atoms with Gasteiger partial charge in [-0.15, -0.1) is 0 Å². The molecule has 0 aliphatic rings. The summed E-state index contributed by atoms with van der Waals surface area (Å²) >= 11 is 0. The first-order valence-electron chi connectivity index (χ1n) is 5.69. The van der Waals surface area contributed by atoms with Gasteiger partial charge in [0.15, 0.2) is 0 Å². The van der Waals surface area contributed by atoms with E-state index in [-0.39, 0.29) is 12.0 Å². The fourth-order valence-electron chi connectivity index (χ4n) is 1.83. The Morgan fingerprint density at radius 3 is 2.10 bits per heavy atom. The molecule has 1 rings (SSSR count). The second kappa shape index (κ2) is 5.79. The van der Waals surface area contributed by atoms with Crippen molar-refractivity contribution in [3.63, 3.8) is 0 Å². The first-order chi connectivity index (χ1) is 9.46. The van der Waals surface area contributed by atoms with Crippen LogP contribution in [0.5, 0.6) is 0 Å². The zero-order chi connectivity index (χ0) is 16.4. The molecule has 0 unspecified atom stereocenters. The van der Waals surface area contributed by atoms with Gasteiger partial charge >= 0.3 is 18.3 Å². The summed E-state index contributed by atoms with van der Waals surface area (Å²) in [6.45, 7) is 1.29. The summed E-state index contributed by atoms with van der Waals surface area (Å²) in [5.74, 6) is -1.42. The first-order valence-corrected chi connectivity index (χ1v) is 5.69. The third kappa shape index (κ3) is 4.24. The molecule has 1 aromatic rings. The summed E-state index contributed by atoms with van der Waals surface area (Å²) in [6.07, 6.45) is -9.24. The molecule has 0 fully saturated rings. The van der Waals surface area contributed by atoms with Crippen molar-refractivity contribution in [3.05, 3.63) is 40.5 Å². The smallest absolute Gasteiger partial charge is 0.417 e. The first kappa shape index (κ1) is 17.1. The van der Waals surface area contributed by atoms with E-state index in [1.807, 2.05) is 0 Å². The molecule has 1 N–H and O–H groups in total. The number of rotatable bonds is 3. The number of halogens is 6. The largest absolute Gasteiger partial charge is 0.478 e. The molecule has 0 saturated carbocycles. The highest BCUT2D eigenvalue weighted by atomic mass is 19.4. The van der Waals surface area contributed by atoms with E-state index in [0.29, 0.717) is 12.1 Å². The second-order valence-electron chi connectivity index (χ2n) is 4.12. The van der Waals surface area contributed by atoms with Crippen molar-refractivity contribution in [2.75, 3.05) is 0 Å². The minimum absolute atomic E-state index is 0.255. The zero-order valence-corrected chi connectivity index (χ0v) is 10.6. The summed E-state index contributed by atoms with van der Waals surface area (Å²) < 4.78 is 77.1. The number of carboxylic acid groups (broad SMARTS) is 1. The van der Waals surface area contributed by atoms with Gasteiger partial charge in [-0.05, 0) is 29.7 Å². The number of carbonyl (C=O) groups is 1. The van der Waals surface area contributed by atoms with E-state index >= 15 is 0 Å². The van der Waals surface area contributed by atoms with Gasteiger partial charge < -0.3 is 5.11 Å². The molecule has 0 atom stereocenters. The van der Waals surface area contributed by atoms with Crippen molar-refractivity contribution >= 4 is 12.0 Å². The lowest BCUT2D eigenvalue weighted by Gasteiger charge is -2.19. The molecule has 0 amide bonds. The highest BCUT2D eigenvalue weighted by molar-refractivity contribution is 5.85. The Balaban J connectivity index is 3.62. The van der Waals surface area contributed by atoms with Crippen molar-refractivity contribution in [1.82, 2.24) is 0 Å². The van der Waals surface area contributed by atoms with Crippen LogP contribution in [-0.4, -0.2) is 11.1 Å². The maximum atomic E-state index is 12.9. The van der Waals surface area contributed by atoms with Gasteiger partial charge in [-0.25, -0.2) is 4.79 Å². The number of hydrogen-bond donors (Lipinski definition) is 1. The zero-order valence-electron chi connectivity index (χ0n) is 10.6. The Kier molecular flexibility index (Phi) is 4.70. The predicted molar refractivity (Wildman–Crippen MR) is 62.5 cm³/mol. The Hall–Kier alpha value is -1.99. The number of carboxylic acids is 1. The number of alkyl halides is 6. The van der Waals surface area contributed by atoms with Gasteiger partial charge in [0, 0.05) is 6.08 Å². The molecule has 0 bridgehead atoms. The standard InChI is InChI=1S/C13H10F6O2/c1-2-8-5-7(3-4-10(20)21)6-9(12(14,15)16)11(8)13(17,18)19/h3-6H,2H2,1H3,(H,20,21)/b4-3+. The van der Waals surface area contributed by atoms with Gasteiger partial charge in [0.1, 0.15) is 0 Å². The molecule has 0 spiro atoms. The van der Waals surface area contributed by atoms with Gasteiger partial charge in [-0.2, -0.15) is 26.3 Å². The van der Waals surface area contributed by atoms with E-state index in [0.717, 1.165) is 12.1 Å². The van der Waals surface area contributed by atoms with E-state index < -0.39 is 35.0 Å². The third-order valence-corrected chi connectivity index (χ3v) is 2.63. The van der Waals surface area contributed by atoms with Crippen molar-refractivity contribution in [2.45, 2.75) is 25.7 Å². The summed E-state index contributed by atoms with van der Waals surface area (Å²) in [4.78, 5) is 10.3. The van der Waals surface area contributed by atoms with Crippen LogP contribution in [0.4, 0.5) is 26.3 Å². The van der Waals surface area contributed by atoms with Crippen molar-refractivity contribution < 1.29 is 36.2 Å². The monoisotopic (exact) mass is 312 g/mol. The topological polar surface area (TPSA) is 37.3 Å². The van der Waals surface area contributed by atoms with Crippen LogP contribution in [0.25, 0.3) is 6.08 Å². The van der Waals surface area contributed by atoms with Crippen LogP contribution in [-0.2, 0) is 23.6 Å². The minimum Gasteiger partial charge on any atom is -0.478 e. The second-order valence-corrected chi connectivity index (χ2v) is 4.12. The molecule has 0 radical (unpaired) electrons. The maximum Gasteiger partial charge on any atom is 0.417 e. The number of benzene rings is 1. The average Bonchev–Trinajstić information content (AvgIpc) is 2.32. The highest BCUT2D eigenvalue weighted by Gasteiger charge is 2.44. The Bertz CT molecular complexity index is 569. The lowest BCUT2D eigenvalue weighted by atomic mass is 9.95. The summed E-state index contributed by atoms with van der Waals surface area (Å²) in [7, 11) is 0. The molecule has 8 heteroatoms. The molecule has 0 aliphatic heterocycles. The summed E-state index contributed by atoms with van der Waals surface area (Å²) in [6, 6.07) is 1.19. The van der Waals surface area contributed by atoms with E-state index in [1.54, 1.807) is 0 Å². The molecule has 0 aromatic heterocycles. The number of aliphatic carboxylic acids is 1. The van der Waals surface area contributed by atoms with Crippen LogP contribution in [0, 0.1) is 0 Å². The molecular weight excluding hydrogens is 302 g/mol. The van der Waals surface area contributed by atoms with E-state index in [2.05, 4.69) is 0 Å². The van der Waals surface area contributed by atoms with E-state index in [9.17, 15) is 31.1 Å². The van der Waals surface area contributed by atoms with Gasteiger partial charge in [-0.1, -0.05) is 13.0 Å². The lowest BCUT2D eigenvalue weighted by molar-refractivity contribution is -0.162. The van der Waals surface area contributed by atoms with Crippen LogP contribution in [0.2, 0.25) is 0 Å². The Morgan fingerprint density at radius 2 is 1.71 bits per heavy atom. The van der Waals surface area contributed by atoms with Crippen molar-refractivity contribution in [3.8, 4) is 0 Å². The minimum atomic E-state index is -5.19. The third-order valence-electron chi connectivity index (χ3n) is 2.63. The highest BCUT2D eigenvalue weighted by Crippen LogP contribution is 2.43. The Morgan fingerprint density at radius 1 is 1.14 bits per heavy atom. The Labute approximate surface area is 115 Å². The van der Waals surface area contributed by atoms with Gasteiger partial charge in [-0.3, -0.25) is 0 Å². The normalized spacial score (nSPS) is 12.9. The van der Waals surface area contributed by atoms with Crippen LogP contribution in [0.3, 0.4) is 0 Å². The van der Waals surface area contributed by atoms with E-state index in [4.69, 9.17) is 5.11 Å². The molecule has 0 heterocycles. The maximum absolute atomic E-state index is 12.9. The SMILES string of the molecule is CCc1cc(/C=C/C(=O)O)cc(C(F)(F)F)c1C(F)(F)F. The molecule has 2 nitrogen and oxygen atoms in total. The quantitative estimate of drug-likeness (QED) is 0.664. The van der Waals surface area contributed by atoms with Crippen LogP contribution < -0.4 is 0 Å². The lowest BCUT2D eigenvalue weighted by Crippen LogP contribution is -2.19. The molecular formula is C13H10F6O2. The molecule has 0 aliphatic carbocycles. The van der Waals surface area contributed by atoms with Gasteiger partial charge in [0.25, 0.3) is 0 Å². The molecule has 116 valence electrons. The van der Waals surface area contributed by atoms with E-state index in [1.165, 1.54) is 6.92 Å². The molecule has 1 aromatic carbocycles. The number of aryl methyl sites for hydroxylation is 1. The fraction of sp³-hybridized carbons (Fsp3) is 0.308.